The fraction of sp³-hybridized carbons (Fsp3) is 0.333. The molecule has 0 spiro atoms. The molecule has 136 valence electrons. The maximum atomic E-state index is 11.8. The van der Waals surface area contributed by atoms with E-state index in [0.717, 1.165) is 30.8 Å². The Morgan fingerprint density at radius 3 is 2.54 bits per heavy atom. The van der Waals surface area contributed by atoms with Crippen LogP contribution in [0.2, 0.25) is 0 Å². The molecule has 2 N–H and O–H groups in total. The Labute approximate surface area is 160 Å². The zero-order valence-electron chi connectivity index (χ0n) is 15.3. The van der Waals surface area contributed by atoms with Crippen molar-refractivity contribution in [1.82, 2.24) is 5.32 Å². The molecule has 1 aliphatic rings. The molecule has 2 aromatic rings. The number of hydrogen-bond acceptors (Lipinski definition) is 2. The van der Waals surface area contributed by atoms with Crippen LogP contribution < -0.4 is 15.5 Å². The second-order valence-corrected chi connectivity index (χ2v) is 7.02. The predicted octanol–water partition coefficient (Wildman–Crippen LogP) is 4.56. The van der Waals surface area contributed by atoms with Crippen LogP contribution >= 0.6 is 12.2 Å². The van der Waals surface area contributed by atoms with Crippen molar-refractivity contribution in [3.8, 4) is 0 Å². The molecule has 0 bridgehead atoms. The molecular weight excluding hydrogens is 342 g/mol. The van der Waals surface area contributed by atoms with Crippen molar-refractivity contribution in [2.45, 2.75) is 39.2 Å². The molecule has 1 amide bonds. The van der Waals surface area contributed by atoms with Gasteiger partial charge in [0.15, 0.2) is 5.11 Å². The van der Waals surface area contributed by atoms with E-state index in [4.69, 9.17) is 12.2 Å². The number of hydrogen-bond donors (Lipinski definition) is 2. The summed E-state index contributed by atoms with van der Waals surface area (Å²) in [5.41, 5.74) is 4.39. The van der Waals surface area contributed by atoms with E-state index < -0.39 is 0 Å². The van der Waals surface area contributed by atoms with E-state index in [2.05, 4.69) is 48.7 Å². The first-order valence-corrected chi connectivity index (χ1v) is 9.52. The number of aryl methyl sites for hydroxylation is 1. The maximum absolute atomic E-state index is 11.8. The summed E-state index contributed by atoms with van der Waals surface area (Å²) >= 11 is 5.49. The zero-order valence-corrected chi connectivity index (χ0v) is 16.1. The van der Waals surface area contributed by atoms with Crippen LogP contribution in [0.25, 0.3) is 0 Å². The van der Waals surface area contributed by atoms with Gasteiger partial charge in [-0.25, -0.2) is 0 Å². The summed E-state index contributed by atoms with van der Waals surface area (Å²) in [5, 5.41) is 7.25. The largest absolute Gasteiger partial charge is 0.356 e. The van der Waals surface area contributed by atoms with Gasteiger partial charge in [0.2, 0.25) is 5.91 Å². The van der Waals surface area contributed by atoms with Gasteiger partial charge >= 0.3 is 0 Å². The molecule has 0 aliphatic carbocycles. The van der Waals surface area contributed by atoms with E-state index in [1.807, 2.05) is 29.2 Å². The number of carbonyl (C=O) groups is 1. The molecule has 1 fully saturated rings. The van der Waals surface area contributed by atoms with Gasteiger partial charge in [-0.3, -0.25) is 4.79 Å². The van der Waals surface area contributed by atoms with Crippen molar-refractivity contribution in [3.63, 3.8) is 0 Å². The number of benzene rings is 2. The van der Waals surface area contributed by atoms with Crippen molar-refractivity contribution >= 4 is 34.6 Å². The molecule has 1 saturated heterocycles. The van der Waals surface area contributed by atoms with E-state index in [-0.39, 0.29) is 11.9 Å². The zero-order chi connectivity index (χ0) is 18.5. The minimum absolute atomic E-state index is 0.178. The summed E-state index contributed by atoms with van der Waals surface area (Å²) in [7, 11) is 0. The summed E-state index contributed by atoms with van der Waals surface area (Å²) < 4.78 is 0. The molecule has 1 unspecified atom stereocenters. The third-order valence-corrected chi connectivity index (χ3v) is 5.01. The summed E-state index contributed by atoms with van der Waals surface area (Å²) in [4.78, 5) is 13.7. The first kappa shape index (κ1) is 18.4. The van der Waals surface area contributed by atoms with E-state index in [1.54, 1.807) is 0 Å². The second kappa shape index (κ2) is 8.32. The highest BCUT2D eigenvalue weighted by Gasteiger charge is 2.21. The fourth-order valence-corrected chi connectivity index (χ4v) is 3.61. The molecule has 5 heteroatoms. The highest BCUT2D eigenvalue weighted by atomic mass is 32.1. The number of amides is 1. The molecule has 4 nitrogen and oxygen atoms in total. The van der Waals surface area contributed by atoms with Crippen molar-refractivity contribution < 1.29 is 4.79 Å². The summed E-state index contributed by atoms with van der Waals surface area (Å²) in [6.07, 6.45) is 2.53. The van der Waals surface area contributed by atoms with Gasteiger partial charge in [-0.15, -0.1) is 0 Å². The quantitative estimate of drug-likeness (QED) is 0.761. The number of rotatable bonds is 5. The molecule has 0 saturated carbocycles. The number of nitrogens with zero attached hydrogens (tertiary/aromatic N) is 1. The van der Waals surface area contributed by atoms with Crippen LogP contribution in [0.1, 0.15) is 43.4 Å². The summed E-state index contributed by atoms with van der Waals surface area (Å²) in [6.45, 7) is 5.07. The molecule has 0 radical (unpaired) electrons. The lowest BCUT2D eigenvalue weighted by molar-refractivity contribution is -0.117. The molecule has 2 aromatic carbocycles. The normalized spacial score (nSPS) is 15.0. The standard InChI is InChI=1S/C21H25N3OS/c1-3-19(18-8-5-4-7-15(18)2)23-21(26)22-16-10-12-17(13-11-16)24-14-6-9-20(24)25/h4-5,7-8,10-13,19H,3,6,9,14H2,1-2H3,(H2,22,23,26). The monoisotopic (exact) mass is 367 g/mol. The Kier molecular flexibility index (Phi) is 5.89. The van der Waals surface area contributed by atoms with E-state index >= 15 is 0 Å². The van der Waals surface area contributed by atoms with Crippen LogP contribution in [0.4, 0.5) is 11.4 Å². The molecule has 26 heavy (non-hydrogen) atoms. The first-order chi connectivity index (χ1) is 12.6. The third-order valence-electron chi connectivity index (χ3n) is 4.79. The van der Waals surface area contributed by atoms with Crippen molar-refractivity contribution in [3.05, 3.63) is 59.7 Å². The van der Waals surface area contributed by atoms with Gasteiger partial charge in [-0.05, 0) is 67.4 Å². The highest BCUT2D eigenvalue weighted by Crippen LogP contribution is 2.24. The second-order valence-electron chi connectivity index (χ2n) is 6.61. The van der Waals surface area contributed by atoms with Crippen LogP contribution in [0.15, 0.2) is 48.5 Å². The van der Waals surface area contributed by atoms with Gasteiger partial charge in [0, 0.05) is 24.3 Å². The van der Waals surface area contributed by atoms with Crippen LogP contribution in [-0.2, 0) is 4.79 Å². The van der Waals surface area contributed by atoms with Gasteiger partial charge < -0.3 is 15.5 Å². The smallest absolute Gasteiger partial charge is 0.227 e. The average molecular weight is 368 g/mol. The average Bonchev–Trinajstić information content (AvgIpc) is 3.07. The van der Waals surface area contributed by atoms with E-state index in [1.165, 1.54) is 11.1 Å². The maximum Gasteiger partial charge on any atom is 0.227 e. The van der Waals surface area contributed by atoms with Crippen LogP contribution in [0.5, 0.6) is 0 Å². The molecule has 0 aromatic heterocycles. The highest BCUT2D eigenvalue weighted by molar-refractivity contribution is 7.80. The summed E-state index contributed by atoms with van der Waals surface area (Å²) in [5.74, 6) is 0.201. The van der Waals surface area contributed by atoms with E-state index in [0.29, 0.717) is 11.5 Å². The third kappa shape index (κ3) is 4.22. The topological polar surface area (TPSA) is 44.4 Å². The molecular formula is C21H25N3OS. The summed E-state index contributed by atoms with van der Waals surface area (Å²) in [6, 6.07) is 16.4. The van der Waals surface area contributed by atoms with Crippen molar-refractivity contribution in [2.24, 2.45) is 0 Å². The number of carbonyl (C=O) groups excluding carboxylic acids is 1. The van der Waals surface area contributed by atoms with Gasteiger partial charge in [0.05, 0.1) is 6.04 Å². The van der Waals surface area contributed by atoms with Crippen LogP contribution in [0.3, 0.4) is 0 Å². The lowest BCUT2D eigenvalue weighted by Gasteiger charge is -2.22. The Morgan fingerprint density at radius 1 is 1.19 bits per heavy atom. The van der Waals surface area contributed by atoms with Crippen molar-refractivity contribution in [1.29, 1.82) is 0 Å². The van der Waals surface area contributed by atoms with E-state index in [9.17, 15) is 4.79 Å². The Morgan fingerprint density at radius 2 is 1.92 bits per heavy atom. The Hall–Kier alpha value is -2.40. The fourth-order valence-electron chi connectivity index (χ4n) is 3.35. The van der Waals surface area contributed by atoms with Gasteiger partial charge in [0.25, 0.3) is 0 Å². The Balaban J connectivity index is 1.62. The Bertz CT molecular complexity index is 788. The SMILES string of the molecule is CCC(NC(=S)Nc1ccc(N2CCCC2=O)cc1)c1ccccc1C. The molecule has 1 atom stereocenters. The van der Waals surface area contributed by atoms with Gasteiger partial charge in [-0.1, -0.05) is 31.2 Å². The lowest BCUT2D eigenvalue weighted by Crippen LogP contribution is -2.32. The van der Waals surface area contributed by atoms with Gasteiger partial charge in [-0.2, -0.15) is 0 Å². The molecule has 3 rings (SSSR count). The molecule has 1 heterocycles. The number of nitrogens with one attached hydrogen (secondary N) is 2. The predicted molar refractivity (Wildman–Crippen MR) is 112 cm³/mol. The lowest BCUT2D eigenvalue weighted by atomic mass is 10.00. The first-order valence-electron chi connectivity index (χ1n) is 9.12. The van der Waals surface area contributed by atoms with Gasteiger partial charge in [0.1, 0.15) is 0 Å². The number of thiocarbonyl (C=S) groups is 1. The minimum Gasteiger partial charge on any atom is -0.356 e. The van der Waals surface area contributed by atoms with Crippen LogP contribution in [0, 0.1) is 6.92 Å². The minimum atomic E-state index is 0.178. The van der Waals surface area contributed by atoms with Crippen molar-refractivity contribution in [2.75, 3.05) is 16.8 Å². The number of anilines is 2. The van der Waals surface area contributed by atoms with Crippen LogP contribution in [-0.4, -0.2) is 17.6 Å². The molecule has 1 aliphatic heterocycles.